The first-order valence-corrected chi connectivity index (χ1v) is 12.0. The smallest absolute Gasteiger partial charge is 0.303 e. The summed E-state index contributed by atoms with van der Waals surface area (Å²) in [6, 6.07) is 26.9. The zero-order valence-electron chi connectivity index (χ0n) is 19.3. The van der Waals surface area contributed by atoms with Crippen molar-refractivity contribution in [3.8, 4) is 17.0 Å². The summed E-state index contributed by atoms with van der Waals surface area (Å²) >= 11 is 1.42. The van der Waals surface area contributed by atoms with Gasteiger partial charge in [-0.3, -0.25) is 10.2 Å². The molecule has 1 aliphatic rings. The maximum absolute atomic E-state index is 13.6. The molecule has 0 atom stereocenters. The van der Waals surface area contributed by atoms with Gasteiger partial charge in [0.25, 0.3) is 0 Å². The first-order chi connectivity index (χ1) is 17.2. The summed E-state index contributed by atoms with van der Waals surface area (Å²) < 4.78 is 5.67. The van der Waals surface area contributed by atoms with Gasteiger partial charge in [0.15, 0.2) is 5.71 Å². The molecular weight excluding hydrogens is 458 g/mol. The number of rotatable bonds is 7. The van der Waals surface area contributed by atoms with Gasteiger partial charge in [-0.2, -0.15) is 15.2 Å². The first-order valence-electron chi connectivity index (χ1n) is 11.2. The summed E-state index contributed by atoms with van der Waals surface area (Å²) in [5.41, 5.74) is 6.97. The Labute approximate surface area is 207 Å². The Morgan fingerprint density at radius 3 is 2.31 bits per heavy atom. The fourth-order valence-electron chi connectivity index (χ4n) is 3.71. The molecule has 1 N–H and O–H groups in total. The van der Waals surface area contributed by atoms with Crippen LogP contribution in [0.15, 0.2) is 95.1 Å². The summed E-state index contributed by atoms with van der Waals surface area (Å²) in [4.78, 5) is 19.3. The molecule has 0 saturated carbocycles. The number of benzene rings is 3. The number of anilines is 2. The van der Waals surface area contributed by atoms with Crippen LogP contribution < -0.4 is 15.2 Å². The molecule has 2 heterocycles. The van der Waals surface area contributed by atoms with Crippen LogP contribution in [0.3, 0.4) is 0 Å². The quantitative estimate of drug-likeness (QED) is 0.342. The van der Waals surface area contributed by atoms with E-state index in [0.717, 1.165) is 21.7 Å². The Hall–Kier alpha value is -4.30. The number of nitrogens with one attached hydrogen (secondary N) is 1. The number of amides is 1. The lowest BCUT2D eigenvalue weighted by Gasteiger charge is -2.10. The van der Waals surface area contributed by atoms with Crippen LogP contribution in [0.2, 0.25) is 0 Å². The van der Waals surface area contributed by atoms with Crippen molar-refractivity contribution in [2.24, 2.45) is 10.2 Å². The number of hydrogen-bond acceptors (Lipinski definition) is 7. The summed E-state index contributed by atoms with van der Waals surface area (Å²) in [5.74, 6) is 0.307. The molecule has 1 aromatic heterocycles. The van der Waals surface area contributed by atoms with Crippen LogP contribution in [0.25, 0.3) is 11.3 Å². The third kappa shape index (κ3) is 4.56. The SMILES string of the molecule is CCOc1ccccc1N/N=C1/C(=O)N(c2nc(-c3ccccc3)c(C)s2)N=C1c1ccccc1. The average molecular weight is 482 g/mol. The van der Waals surface area contributed by atoms with Crippen molar-refractivity contribution in [3.05, 3.63) is 95.4 Å². The molecule has 1 amide bonds. The summed E-state index contributed by atoms with van der Waals surface area (Å²) in [5, 5.41) is 11.0. The molecule has 0 aliphatic carbocycles. The zero-order chi connectivity index (χ0) is 24.2. The highest BCUT2D eigenvalue weighted by Crippen LogP contribution is 2.34. The number of carbonyl (C=O) groups excluding carboxylic acids is 1. The van der Waals surface area contributed by atoms with E-state index >= 15 is 0 Å². The Bertz CT molecular complexity index is 1410. The van der Waals surface area contributed by atoms with Gasteiger partial charge in [0.05, 0.1) is 18.0 Å². The van der Waals surface area contributed by atoms with Crippen LogP contribution in [-0.4, -0.2) is 28.9 Å². The summed E-state index contributed by atoms with van der Waals surface area (Å²) in [6.45, 7) is 4.43. The van der Waals surface area contributed by atoms with E-state index in [1.165, 1.54) is 16.3 Å². The summed E-state index contributed by atoms with van der Waals surface area (Å²) in [6.07, 6.45) is 0. The van der Waals surface area contributed by atoms with Gasteiger partial charge in [0.1, 0.15) is 11.5 Å². The van der Waals surface area contributed by atoms with Crippen LogP contribution in [0.5, 0.6) is 5.75 Å². The second-order valence-electron chi connectivity index (χ2n) is 7.70. The highest BCUT2D eigenvalue weighted by atomic mass is 32.1. The third-order valence-electron chi connectivity index (χ3n) is 5.36. The lowest BCUT2D eigenvalue weighted by atomic mass is 10.1. The number of aryl methyl sites for hydroxylation is 1. The maximum Gasteiger partial charge on any atom is 0.303 e. The molecule has 0 bridgehead atoms. The molecule has 174 valence electrons. The average Bonchev–Trinajstić information content (AvgIpc) is 3.44. The molecule has 3 aromatic carbocycles. The fraction of sp³-hybridized carbons (Fsp3) is 0.111. The van der Waals surface area contributed by atoms with Gasteiger partial charge >= 0.3 is 5.91 Å². The Balaban J connectivity index is 1.53. The largest absolute Gasteiger partial charge is 0.492 e. The van der Waals surface area contributed by atoms with Crippen molar-refractivity contribution in [2.45, 2.75) is 13.8 Å². The molecule has 0 spiro atoms. The number of carbonyl (C=O) groups is 1. The molecule has 0 unspecified atom stereocenters. The highest BCUT2D eigenvalue weighted by Gasteiger charge is 2.36. The van der Waals surface area contributed by atoms with Gasteiger partial charge in [-0.05, 0) is 26.0 Å². The van der Waals surface area contributed by atoms with Crippen LogP contribution >= 0.6 is 11.3 Å². The van der Waals surface area contributed by atoms with Crippen LogP contribution in [-0.2, 0) is 4.79 Å². The lowest BCUT2D eigenvalue weighted by Crippen LogP contribution is -2.28. The predicted octanol–water partition coefficient (Wildman–Crippen LogP) is 5.74. The van der Waals surface area contributed by atoms with E-state index in [1.54, 1.807) is 0 Å². The van der Waals surface area contributed by atoms with Gasteiger partial charge in [-0.1, -0.05) is 84.1 Å². The molecule has 1 aliphatic heterocycles. The van der Waals surface area contributed by atoms with Crippen LogP contribution in [0, 0.1) is 6.92 Å². The number of ether oxygens (including phenoxy) is 1. The number of para-hydroxylation sites is 2. The van der Waals surface area contributed by atoms with Crippen LogP contribution in [0.1, 0.15) is 17.4 Å². The molecule has 7 nitrogen and oxygen atoms in total. The van der Waals surface area contributed by atoms with Gasteiger partial charge in [-0.25, -0.2) is 4.98 Å². The molecule has 35 heavy (non-hydrogen) atoms. The van der Waals surface area contributed by atoms with E-state index in [4.69, 9.17) is 9.72 Å². The molecule has 4 aromatic rings. The normalized spacial score (nSPS) is 14.3. The van der Waals surface area contributed by atoms with E-state index in [1.807, 2.05) is 98.8 Å². The van der Waals surface area contributed by atoms with E-state index in [2.05, 4.69) is 15.6 Å². The van der Waals surface area contributed by atoms with Gasteiger partial charge < -0.3 is 4.74 Å². The van der Waals surface area contributed by atoms with Gasteiger partial charge in [-0.15, -0.1) is 0 Å². The topological polar surface area (TPSA) is 79.2 Å². The number of thiazole rings is 1. The van der Waals surface area contributed by atoms with Crippen molar-refractivity contribution < 1.29 is 9.53 Å². The lowest BCUT2D eigenvalue weighted by molar-refractivity contribution is -0.112. The molecule has 0 saturated heterocycles. The maximum atomic E-state index is 13.6. The zero-order valence-corrected chi connectivity index (χ0v) is 20.1. The number of hydrogen-bond donors (Lipinski definition) is 1. The Morgan fingerprint density at radius 1 is 0.943 bits per heavy atom. The van der Waals surface area contributed by atoms with E-state index in [-0.39, 0.29) is 11.6 Å². The van der Waals surface area contributed by atoms with E-state index in [9.17, 15) is 4.79 Å². The molecule has 5 rings (SSSR count). The standard InChI is InChI=1S/C27H23N5O2S/c1-3-34-22-17-11-10-16-21(22)29-30-25-24(20-14-8-5-9-15-20)31-32(26(25)33)27-28-23(18(2)35-27)19-12-6-4-7-13-19/h4-17,29H,3H2,1-2H3/b30-25+. The minimum Gasteiger partial charge on any atom is -0.492 e. The Kier molecular flexibility index (Phi) is 6.36. The van der Waals surface area contributed by atoms with E-state index < -0.39 is 0 Å². The first kappa shape index (κ1) is 22.5. The van der Waals surface area contributed by atoms with Gasteiger partial charge in [0, 0.05) is 16.0 Å². The van der Waals surface area contributed by atoms with Crippen molar-refractivity contribution in [3.63, 3.8) is 0 Å². The molecule has 0 fully saturated rings. The third-order valence-corrected chi connectivity index (χ3v) is 6.30. The number of hydrazone groups is 2. The minimum atomic E-state index is -0.349. The molecular formula is C27H23N5O2S. The second-order valence-corrected chi connectivity index (χ2v) is 8.88. The number of aromatic nitrogens is 1. The van der Waals surface area contributed by atoms with Gasteiger partial charge in [0.2, 0.25) is 5.13 Å². The molecule has 0 radical (unpaired) electrons. The van der Waals surface area contributed by atoms with Crippen molar-refractivity contribution in [1.29, 1.82) is 0 Å². The predicted molar refractivity (Wildman–Crippen MR) is 141 cm³/mol. The van der Waals surface area contributed by atoms with Crippen molar-refractivity contribution in [1.82, 2.24) is 4.98 Å². The van der Waals surface area contributed by atoms with E-state index in [0.29, 0.717) is 28.9 Å². The highest BCUT2D eigenvalue weighted by molar-refractivity contribution is 7.16. The second kappa shape index (κ2) is 9.90. The summed E-state index contributed by atoms with van der Waals surface area (Å²) in [7, 11) is 0. The monoisotopic (exact) mass is 481 g/mol. The molecule has 8 heteroatoms. The van der Waals surface area contributed by atoms with Crippen LogP contribution in [0.4, 0.5) is 10.8 Å². The Morgan fingerprint density at radius 2 is 1.60 bits per heavy atom. The number of nitrogens with zero attached hydrogens (tertiary/aromatic N) is 4. The van der Waals surface area contributed by atoms with Crippen molar-refractivity contribution >= 4 is 39.5 Å². The minimum absolute atomic E-state index is 0.205. The van der Waals surface area contributed by atoms with Crippen molar-refractivity contribution in [2.75, 3.05) is 17.0 Å². The fourth-order valence-corrected chi connectivity index (χ4v) is 4.59.